The maximum atomic E-state index is 5.85. The number of rotatable bonds is 3. The Morgan fingerprint density at radius 1 is 1.08 bits per heavy atom. The van der Waals surface area contributed by atoms with Crippen molar-refractivity contribution >= 4 is 45.8 Å². The van der Waals surface area contributed by atoms with Crippen LogP contribution in [0.2, 0.25) is 5.02 Å². The molecule has 1 N–H and O–H groups in total. The molecule has 0 bridgehead atoms. The van der Waals surface area contributed by atoms with E-state index in [1.807, 2.05) is 60.1 Å². The Bertz CT molecular complexity index is 1050. The summed E-state index contributed by atoms with van der Waals surface area (Å²) in [5, 5.41) is 14.2. The zero-order valence-electron chi connectivity index (χ0n) is 12.8. The second-order valence-electron chi connectivity index (χ2n) is 5.31. The van der Waals surface area contributed by atoms with E-state index in [9.17, 15) is 0 Å². The van der Waals surface area contributed by atoms with Gasteiger partial charge in [0.05, 0.1) is 11.7 Å². The van der Waals surface area contributed by atoms with Crippen molar-refractivity contribution in [1.82, 2.24) is 19.7 Å². The minimum absolute atomic E-state index is 0.346. The number of aromatic nitrogens is 4. The number of halogens is 1. The lowest BCUT2D eigenvalue weighted by Crippen LogP contribution is -2.00. The summed E-state index contributed by atoms with van der Waals surface area (Å²) in [5.74, 6) is 0.346. The SMILES string of the molecule is Cn1c2ccccc2c2nnc(NN=Cc3ccc(Cl)cc3)nc21. The Morgan fingerprint density at radius 3 is 2.71 bits per heavy atom. The Balaban J connectivity index is 1.64. The van der Waals surface area contributed by atoms with Crippen LogP contribution in [0.25, 0.3) is 22.1 Å². The molecule has 6 nitrogen and oxygen atoms in total. The molecule has 24 heavy (non-hydrogen) atoms. The van der Waals surface area contributed by atoms with Crippen LogP contribution in [0.15, 0.2) is 53.6 Å². The second-order valence-corrected chi connectivity index (χ2v) is 5.74. The van der Waals surface area contributed by atoms with Crippen LogP contribution >= 0.6 is 11.6 Å². The lowest BCUT2D eigenvalue weighted by atomic mass is 10.2. The summed E-state index contributed by atoms with van der Waals surface area (Å²) in [7, 11) is 1.96. The van der Waals surface area contributed by atoms with Gasteiger partial charge in [0.1, 0.15) is 5.52 Å². The van der Waals surface area contributed by atoms with E-state index in [2.05, 4.69) is 25.7 Å². The molecule has 0 spiro atoms. The molecule has 0 unspecified atom stereocenters. The zero-order valence-corrected chi connectivity index (χ0v) is 13.6. The van der Waals surface area contributed by atoms with Crippen molar-refractivity contribution in [3.05, 3.63) is 59.1 Å². The van der Waals surface area contributed by atoms with Gasteiger partial charge in [0.2, 0.25) is 0 Å². The van der Waals surface area contributed by atoms with E-state index in [1.165, 1.54) is 0 Å². The van der Waals surface area contributed by atoms with Gasteiger partial charge in [-0.2, -0.15) is 10.1 Å². The standard InChI is InChI=1S/C17H13ClN6/c1-24-14-5-3-2-4-13(14)15-16(24)20-17(23-21-15)22-19-10-11-6-8-12(18)9-7-11/h2-10H,1H3,(H,20,22,23). The first-order chi connectivity index (χ1) is 11.7. The molecule has 4 aromatic rings. The molecule has 0 aliphatic rings. The summed E-state index contributed by atoms with van der Waals surface area (Å²) in [6, 6.07) is 15.4. The lowest BCUT2D eigenvalue weighted by molar-refractivity contribution is 0.949. The number of hydrogen-bond donors (Lipinski definition) is 1. The smallest absolute Gasteiger partial charge is 0.265 e. The maximum Gasteiger partial charge on any atom is 0.265 e. The van der Waals surface area contributed by atoms with Gasteiger partial charge in [-0.15, -0.1) is 10.2 Å². The number of para-hydroxylation sites is 1. The highest BCUT2D eigenvalue weighted by Crippen LogP contribution is 2.24. The van der Waals surface area contributed by atoms with Crippen molar-refractivity contribution in [3.63, 3.8) is 0 Å². The van der Waals surface area contributed by atoms with Gasteiger partial charge in [0.25, 0.3) is 5.95 Å². The largest absolute Gasteiger partial charge is 0.327 e. The van der Waals surface area contributed by atoms with Crippen LogP contribution in [0.4, 0.5) is 5.95 Å². The van der Waals surface area contributed by atoms with Crippen molar-refractivity contribution in [2.45, 2.75) is 0 Å². The zero-order chi connectivity index (χ0) is 16.5. The molecule has 0 saturated carbocycles. The van der Waals surface area contributed by atoms with Crippen LogP contribution in [0.5, 0.6) is 0 Å². The fourth-order valence-corrected chi connectivity index (χ4v) is 2.69. The van der Waals surface area contributed by atoms with Crippen LogP contribution in [-0.2, 0) is 7.05 Å². The van der Waals surface area contributed by atoms with Gasteiger partial charge in [-0.3, -0.25) is 0 Å². The van der Waals surface area contributed by atoms with E-state index in [0.717, 1.165) is 27.6 Å². The monoisotopic (exact) mass is 336 g/mol. The number of benzene rings is 2. The minimum Gasteiger partial charge on any atom is -0.327 e. The second kappa shape index (κ2) is 5.90. The molecule has 0 aliphatic heterocycles. The fourth-order valence-electron chi connectivity index (χ4n) is 2.57. The summed E-state index contributed by atoms with van der Waals surface area (Å²) >= 11 is 5.85. The molecule has 2 aromatic carbocycles. The third-order valence-electron chi connectivity index (χ3n) is 3.75. The van der Waals surface area contributed by atoms with Gasteiger partial charge in [0, 0.05) is 17.5 Å². The fraction of sp³-hybridized carbons (Fsp3) is 0.0588. The average Bonchev–Trinajstić information content (AvgIpc) is 2.90. The Kier molecular flexibility index (Phi) is 3.59. The molecule has 0 amide bonds. The van der Waals surface area contributed by atoms with Gasteiger partial charge in [-0.05, 0) is 23.8 Å². The van der Waals surface area contributed by atoms with Crippen LogP contribution in [0.1, 0.15) is 5.56 Å². The lowest BCUT2D eigenvalue weighted by Gasteiger charge is -1.99. The summed E-state index contributed by atoms with van der Waals surface area (Å²) in [5.41, 5.74) is 6.34. The molecule has 118 valence electrons. The summed E-state index contributed by atoms with van der Waals surface area (Å²) < 4.78 is 1.99. The molecule has 7 heteroatoms. The molecule has 0 fully saturated rings. The van der Waals surface area contributed by atoms with E-state index in [4.69, 9.17) is 11.6 Å². The van der Waals surface area contributed by atoms with Gasteiger partial charge in [0.15, 0.2) is 5.65 Å². The van der Waals surface area contributed by atoms with Crippen molar-refractivity contribution < 1.29 is 0 Å². The highest BCUT2D eigenvalue weighted by Gasteiger charge is 2.11. The maximum absolute atomic E-state index is 5.85. The third kappa shape index (κ3) is 2.57. The highest BCUT2D eigenvalue weighted by atomic mass is 35.5. The molecule has 2 heterocycles. The number of hydrogen-bond acceptors (Lipinski definition) is 5. The van der Waals surface area contributed by atoms with E-state index in [0.29, 0.717) is 11.0 Å². The summed E-state index contributed by atoms with van der Waals surface area (Å²) in [6.45, 7) is 0. The van der Waals surface area contributed by atoms with Crippen LogP contribution < -0.4 is 5.43 Å². The third-order valence-corrected chi connectivity index (χ3v) is 4.01. The number of nitrogens with zero attached hydrogens (tertiary/aromatic N) is 5. The molecule has 0 atom stereocenters. The van der Waals surface area contributed by atoms with E-state index >= 15 is 0 Å². The normalized spacial score (nSPS) is 11.6. The molecule has 0 radical (unpaired) electrons. The number of aryl methyl sites for hydroxylation is 1. The topological polar surface area (TPSA) is 68.0 Å². The van der Waals surface area contributed by atoms with Gasteiger partial charge in [-0.25, -0.2) is 5.43 Å². The van der Waals surface area contributed by atoms with Crippen LogP contribution in [0, 0.1) is 0 Å². The summed E-state index contributed by atoms with van der Waals surface area (Å²) in [4.78, 5) is 4.50. The minimum atomic E-state index is 0.346. The van der Waals surface area contributed by atoms with Crippen molar-refractivity contribution in [3.8, 4) is 0 Å². The molecule has 0 aliphatic carbocycles. The first-order valence-electron chi connectivity index (χ1n) is 7.35. The molecule has 4 rings (SSSR count). The predicted molar refractivity (Wildman–Crippen MR) is 96.5 cm³/mol. The highest BCUT2D eigenvalue weighted by molar-refractivity contribution is 6.30. The van der Waals surface area contributed by atoms with Crippen LogP contribution in [-0.4, -0.2) is 26.0 Å². The van der Waals surface area contributed by atoms with Crippen LogP contribution in [0.3, 0.4) is 0 Å². The van der Waals surface area contributed by atoms with Crippen molar-refractivity contribution in [2.75, 3.05) is 5.43 Å². The van der Waals surface area contributed by atoms with E-state index in [-0.39, 0.29) is 0 Å². The predicted octanol–water partition coefficient (Wildman–Crippen LogP) is 3.62. The van der Waals surface area contributed by atoms with Crippen molar-refractivity contribution in [1.29, 1.82) is 0 Å². The molecule has 2 aromatic heterocycles. The van der Waals surface area contributed by atoms with Gasteiger partial charge >= 0.3 is 0 Å². The van der Waals surface area contributed by atoms with Crippen molar-refractivity contribution in [2.24, 2.45) is 12.1 Å². The quantitative estimate of drug-likeness (QED) is 0.458. The average molecular weight is 337 g/mol. The van der Waals surface area contributed by atoms with Gasteiger partial charge in [-0.1, -0.05) is 41.9 Å². The Morgan fingerprint density at radius 2 is 1.88 bits per heavy atom. The molecular formula is C17H13ClN6. The van der Waals surface area contributed by atoms with E-state index < -0.39 is 0 Å². The van der Waals surface area contributed by atoms with Gasteiger partial charge < -0.3 is 4.57 Å². The summed E-state index contributed by atoms with van der Waals surface area (Å²) in [6.07, 6.45) is 1.67. The Labute approximate surface area is 142 Å². The number of hydrazone groups is 1. The number of nitrogens with one attached hydrogen (secondary N) is 1. The first-order valence-corrected chi connectivity index (χ1v) is 7.72. The molecular weight excluding hydrogens is 324 g/mol. The first kappa shape index (κ1) is 14.6. The van der Waals surface area contributed by atoms with E-state index in [1.54, 1.807) is 6.21 Å². The Hall–Kier alpha value is -2.99. The number of fused-ring (bicyclic) bond motifs is 3. The molecule has 0 saturated heterocycles. The number of anilines is 1.